The predicted octanol–water partition coefficient (Wildman–Crippen LogP) is 2.05. The van der Waals surface area contributed by atoms with Crippen molar-refractivity contribution in [2.75, 3.05) is 5.75 Å². The van der Waals surface area contributed by atoms with E-state index in [1.165, 1.54) is 17.8 Å². The van der Waals surface area contributed by atoms with Crippen molar-refractivity contribution in [1.29, 1.82) is 5.26 Å². The molecule has 0 atom stereocenters. The smallest absolute Gasteiger partial charge is 0.252 e. The number of aromatic amines is 1. The summed E-state index contributed by atoms with van der Waals surface area (Å²) in [5.74, 6) is 0.265. The third-order valence-electron chi connectivity index (χ3n) is 2.06. The summed E-state index contributed by atoms with van der Waals surface area (Å²) in [6, 6.07) is 12.9. The van der Waals surface area contributed by atoms with Gasteiger partial charge < -0.3 is 4.98 Å². The Kier molecular flexibility index (Phi) is 3.58. The Balaban J connectivity index is 2.39. The first kappa shape index (κ1) is 11.4. The van der Waals surface area contributed by atoms with E-state index in [2.05, 4.69) is 9.97 Å². The van der Waals surface area contributed by atoms with Crippen molar-refractivity contribution in [2.45, 2.75) is 5.16 Å². The van der Waals surface area contributed by atoms with E-state index in [9.17, 15) is 4.79 Å². The topological polar surface area (TPSA) is 69.5 Å². The summed E-state index contributed by atoms with van der Waals surface area (Å²) in [6.07, 6.45) is 0. The average Bonchev–Trinajstić information content (AvgIpc) is 2.37. The van der Waals surface area contributed by atoms with Gasteiger partial charge in [0.1, 0.15) is 0 Å². The standard InChI is InChI=1S/C12H9N3OS/c13-6-7-17-12-14-10(8-11(16)15-12)9-4-2-1-3-5-9/h1-5,8H,7H2,(H,14,15,16). The summed E-state index contributed by atoms with van der Waals surface area (Å²) in [6.45, 7) is 0. The normalized spacial score (nSPS) is 9.82. The number of nitriles is 1. The lowest BCUT2D eigenvalue weighted by molar-refractivity contribution is 0.944. The van der Waals surface area contributed by atoms with Crippen molar-refractivity contribution < 1.29 is 0 Å². The molecule has 0 aliphatic rings. The Labute approximate surface area is 102 Å². The SMILES string of the molecule is N#CCSc1nc(-c2ccccc2)cc(=O)[nH]1. The van der Waals surface area contributed by atoms with E-state index in [0.29, 0.717) is 10.9 Å². The highest BCUT2D eigenvalue weighted by Crippen LogP contribution is 2.17. The number of aromatic nitrogens is 2. The van der Waals surface area contributed by atoms with Crippen LogP contribution in [0.1, 0.15) is 0 Å². The number of H-pyrrole nitrogens is 1. The van der Waals surface area contributed by atoms with Gasteiger partial charge in [-0.15, -0.1) is 0 Å². The van der Waals surface area contributed by atoms with E-state index in [4.69, 9.17) is 5.26 Å². The summed E-state index contributed by atoms with van der Waals surface area (Å²) in [4.78, 5) is 18.4. The molecule has 1 heterocycles. The first-order valence-electron chi connectivity index (χ1n) is 4.96. The van der Waals surface area contributed by atoms with Crippen molar-refractivity contribution >= 4 is 11.8 Å². The molecule has 1 N–H and O–H groups in total. The molecule has 84 valence electrons. The Hall–Kier alpha value is -2.06. The minimum Gasteiger partial charge on any atom is -0.301 e. The predicted molar refractivity (Wildman–Crippen MR) is 66.6 cm³/mol. The number of hydrogen-bond acceptors (Lipinski definition) is 4. The minimum atomic E-state index is -0.209. The second-order valence-corrected chi connectivity index (χ2v) is 4.21. The Morgan fingerprint density at radius 2 is 2.12 bits per heavy atom. The van der Waals surface area contributed by atoms with E-state index < -0.39 is 0 Å². The first-order chi connectivity index (χ1) is 8.29. The van der Waals surface area contributed by atoms with Gasteiger partial charge in [-0.05, 0) is 0 Å². The van der Waals surface area contributed by atoms with E-state index in [1.807, 2.05) is 36.4 Å². The van der Waals surface area contributed by atoms with Gasteiger partial charge in [0, 0.05) is 11.6 Å². The van der Waals surface area contributed by atoms with Crippen LogP contribution in [0, 0.1) is 11.3 Å². The number of hydrogen-bond donors (Lipinski definition) is 1. The molecule has 1 aromatic carbocycles. The van der Waals surface area contributed by atoms with Gasteiger partial charge >= 0.3 is 0 Å². The van der Waals surface area contributed by atoms with E-state index in [1.54, 1.807) is 0 Å². The van der Waals surface area contributed by atoms with E-state index in [-0.39, 0.29) is 11.3 Å². The van der Waals surface area contributed by atoms with Crippen LogP contribution in [0.25, 0.3) is 11.3 Å². The summed E-state index contributed by atoms with van der Waals surface area (Å²) in [7, 11) is 0. The van der Waals surface area contributed by atoms with Crippen molar-refractivity contribution in [3.05, 3.63) is 46.8 Å². The van der Waals surface area contributed by atoms with Crippen LogP contribution < -0.4 is 5.56 Å². The Morgan fingerprint density at radius 1 is 1.35 bits per heavy atom. The molecule has 4 nitrogen and oxygen atoms in total. The fraction of sp³-hybridized carbons (Fsp3) is 0.0833. The molecule has 0 unspecified atom stereocenters. The second-order valence-electron chi connectivity index (χ2n) is 3.25. The number of rotatable bonds is 3. The highest BCUT2D eigenvalue weighted by Gasteiger charge is 2.03. The van der Waals surface area contributed by atoms with Crippen LogP contribution in [-0.2, 0) is 0 Å². The van der Waals surface area contributed by atoms with Crippen LogP contribution in [0.4, 0.5) is 0 Å². The van der Waals surface area contributed by atoms with Crippen molar-refractivity contribution in [3.63, 3.8) is 0 Å². The van der Waals surface area contributed by atoms with Crippen molar-refractivity contribution in [2.24, 2.45) is 0 Å². The van der Waals surface area contributed by atoms with Crippen LogP contribution in [0.15, 0.2) is 46.3 Å². The van der Waals surface area contributed by atoms with Gasteiger partial charge in [-0.1, -0.05) is 42.1 Å². The zero-order chi connectivity index (χ0) is 12.1. The number of thioether (sulfide) groups is 1. The van der Waals surface area contributed by atoms with Gasteiger partial charge in [-0.3, -0.25) is 4.79 Å². The van der Waals surface area contributed by atoms with Crippen molar-refractivity contribution in [3.8, 4) is 17.3 Å². The quantitative estimate of drug-likeness (QED) is 0.661. The molecule has 0 saturated carbocycles. The number of nitrogens with one attached hydrogen (secondary N) is 1. The molecular weight excluding hydrogens is 234 g/mol. The average molecular weight is 243 g/mol. The molecule has 0 spiro atoms. The Morgan fingerprint density at radius 3 is 2.82 bits per heavy atom. The summed E-state index contributed by atoms with van der Waals surface area (Å²) in [5, 5.41) is 8.96. The van der Waals surface area contributed by atoms with Gasteiger partial charge in [-0.25, -0.2) is 4.98 Å². The van der Waals surface area contributed by atoms with Gasteiger partial charge in [0.2, 0.25) is 0 Å². The molecule has 0 fully saturated rings. The largest absolute Gasteiger partial charge is 0.301 e. The van der Waals surface area contributed by atoms with Crippen LogP contribution >= 0.6 is 11.8 Å². The minimum absolute atomic E-state index is 0.209. The second kappa shape index (κ2) is 5.32. The van der Waals surface area contributed by atoms with Gasteiger partial charge in [-0.2, -0.15) is 5.26 Å². The van der Waals surface area contributed by atoms with Gasteiger partial charge in [0.05, 0.1) is 17.5 Å². The fourth-order valence-corrected chi connectivity index (χ4v) is 1.90. The molecule has 0 aliphatic heterocycles. The lowest BCUT2D eigenvalue weighted by atomic mass is 10.1. The zero-order valence-corrected chi connectivity index (χ0v) is 9.70. The zero-order valence-electron chi connectivity index (χ0n) is 8.88. The molecule has 0 radical (unpaired) electrons. The number of nitrogens with zero attached hydrogens (tertiary/aromatic N) is 2. The van der Waals surface area contributed by atoms with Crippen LogP contribution in [-0.4, -0.2) is 15.7 Å². The summed E-state index contributed by atoms with van der Waals surface area (Å²) in [5.41, 5.74) is 1.30. The molecule has 0 saturated heterocycles. The Bertz CT molecular complexity index is 601. The number of benzene rings is 1. The monoisotopic (exact) mass is 243 g/mol. The molecule has 1 aromatic heterocycles. The van der Waals surface area contributed by atoms with Crippen LogP contribution in [0.2, 0.25) is 0 Å². The van der Waals surface area contributed by atoms with Gasteiger partial charge in [0.25, 0.3) is 5.56 Å². The first-order valence-corrected chi connectivity index (χ1v) is 5.94. The molecule has 2 aromatic rings. The summed E-state index contributed by atoms with van der Waals surface area (Å²) < 4.78 is 0. The maximum atomic E-state index is 11.5. The van der Waals surface area contributed by atoms with E-state index >= 15 is 0 Å². The van der Waals surface area contributed by atoms with E-state index in [0.717, 1.165) is 5.56 Å². The summed E-state index contributed by atoms with van der Waals surface area (Å²) >= 11 is 1.22. The molecular formula is C12H9N3OS. The lowest BCUT2D eigenvalue weighted by Gasteiger charge is -2.02. The van der Waals surface area contributed by atoms with Crippen molar-refractivity contribution in [1.82, 2.24) is 9.97 Å². The third-order valence-corrected chi connectivity index (χ3v) is 2.80. The molecule has 5 heteroatoms. The molecule has 2 rings (SSSR count). The fourth-order valence-electron chi connectivity index (χ4n) is 1.36. The maximum absolute atomic E-state index is 11.5. The molecule has 17 heavy (non-hydrogen) atoms. The molecule has 0 bridgehead atoms. The van der Waals surface area contributed by atoms with Crippen LogP contribution in [0.5, 0.6) is 0 Å². The highest BCUT2D eigenvalue weighted by atomic mass is 32.2. The molecule has 0 amide bonds. The third kappa shape index (κ3) is 2.95. The molecule has 0 aliphatic carbocycles. The maximum Gasteiger partial charge on any atom is 0.252 e. The highest BCUT2D eigenvalue weighted by molar-refractivity contribution is 7.99. The lowest BCUT2D eigenvalue weighted by Crippen LogP contribution is -2.08. The van der Waals surface area contributed by atoms with Gasteiger partial charge in [0.15, 0.2) is 5.16 Å². The van der Waals surface area contributed by atoms with Crippen LogP contribution in [0.3, 0.4) is 0 Å².